The van der Waals surface area contributed by atoms with E-state index in [0.29, 0.717) is 11.9 Å². The first-order valence-electron chi connectivity index (χ1n) is 12.2. The molecule has 3 heterocycles. The molecular formula is C27H27N7O2. The van der Waals surface area contributed by atoms with E-state index in [0.717, 1.165) is 65.0 Å². The normalized spacial score (nSPS) is 17.9. The minimum Gasteiger partial charge on any atom is -0.457 e. The topological polar surface area (TPSA) is 117 Å². The van der Waals surface area contributed by atoms with Crippen LogP contribution in [-0.2, 0) is 6.61 Å². The van der Waals surface area contributed by atoms with Crippen LogP contribution in [0.25, 0.3) is 22.3 Å². The molecule has 0 amide bonds. The standard InChI is InChI=1S/C27H27N7O2/c28-26-24-25(19-6-12-23(13-7-19)36-22-4-2-1-3-5-22)32-34(27(24)30-17-29-26)21-10-8-20(9-11-21)33-15-18(16-35)14-31-33/h1-7,12-15,17,20-21,35H,8-11,16H2,(H2,28,29,30)/t20-,21-. The molecule has 5 aromatic rings. The van der Waals surface area contributed by atoms with Gasteiger partial charge in [-0.05, 0) is 62.1 Å². The summed E-state index contributed by atoms with van der Waals surface area (Å²) in [4.78, 5) is 8.81. The van der Waals surface area contributed by atoms with Crippen LogP contribution in [0.2, 0.25) is 0 Å². The van der Waals surface area contributed by atoms with Gasteiger partial charge in [-0.1, -0.05) is 18.2 Å². The number of nitrogen functional groups attached to an aromatic ring is 1. The Morgan fingerprint density at radius 1 is 0.917 bits per heavy atom. The zero-order valence-electron chi connectivity index (χ0n) is 19.7. The first-order valence-corrected chi connectivity index (χ1v) is 12.2. The molecule has 0 unspecified atom stereocenters. The maximum Gasteiger partial charge on any atom is 0.164 e. The number of nitrogens with two attached hydrogens (primary N) is 1. The van der Waals surface area contributed by atoms with Gasteiger partial charge in [0.05, 0.1) is 30.3 Å². The summed E-state index contributed by atoms with van der Waals surface area (Å²) < 4.78 is 9.94. The average Bonchev–Trinajstić information content (AvgIpc) is 3.56. The van der Waals surface area contributed by atoms with E-state index >= 15 is 0 Å². The van der Waals surface area contributed by atoms with Crippen molar-refractivity contribution >= 4 is 16.9 Å². The van der Waals surface area contributed by atoms with E-state index in [1.54, 1.807) is 6.20 Å². The maximum absolute atomic E-state index is 9.35. The first kappa shape index (κ1) is 22.2. The van der Waals surface area contributed by atoms with Gasteiger partial charge in [0.25, 0.3) is 0 Å². The van der Waals surface area contributed by atoms with E-state index in [9.17, 15) is 5.11 Å². The maximum atomic E-state index is 9.35. The van der Waals surface area contributed by atoms with Crippen LogP contribution in [0.1, 0.15) is 43.3 Å². The zero-order chi connectivity index (χ0) is 24.5. The Bertz CT molecular complexity index is 1470. The number of benzene rings is 2. The number of fused-ring (bicyclic) bond motifs is 1. The minimum atomic E-state index is 0.0118. The van der Waals surface area contributed by atoms with Gasteiger partial charge in [-0.3, -0.25) is 4.68 Å². The molecule has 1 fully saturated rings. The largest absolute Gasteiger partial charge is 0.457 e. The van der Waals surface area contributed by atoms with Crippen molar-refractivity contribution < 1.29 is 9.84 Å². The summed E-state index contributed by atoms with van der Waals surface area (Å²) in [6.07, 6.45) is 9.01. The zero-order valence-corrected chi connectivity index (χ0v) is 19.7. The predicted molar refractivity (Wildman–Crippen MR) is 136 cm³/mol. The van der Waals surface area contributed by atoms with Gasteiger partial charge in [0.15, 0.2) is 5.65 Å². The first-order chi connectivity index (χ1) is 17.7. The van der Waals surface area contributed by atoms with E-state index in [-0.39, 0.29) is 12.6 Å². The second-order valence-electron chi connectivity index (χ2n) is 9.14. The lowest BCUT2D eigenvalue weighted by Crippen LogP contribution is -2.22. The summed E-state index contributed by atoms with van der Waals surface area (Å²) in [6, 6.07) is 18.1. The number of hydrogen-bond donors (Lipinski definition) is 2. The van der Waals surface area contributed by atoms with Crippen LogP contribution in [0, 0.1) is 0 Å². The van der Waals surface area contributed by atoms with Gasteiger partial charge in [0.2, 0.25) is 0 Å². The molecule has 0 spiro atoms. The second kappa shape index (κ2) is 9.43. The van der Waals surface area contributed by atoms with Crippen LogP contribution < -0.4 is 10.5 Å². The Hall–Kier alpha value is -4.24. The lowest BCUT2D eigenvalue weighted by atomic mass is 9.91. The molecule has 6 rings (SSSR count). The summed E-state index contributed by atoms with van der Waals surface area (Å²) >= 11 is 0. The summed E-state index contributed by atoms with van der Waals surface area (Å²) in [7, 11) is 0. The number of anilines is 1. The third-order valence-corrected chi connectivity index (χ3v) is 6.85. The molecule has 9 heteroatoms. The monoisotopic (exact) mass is 481 g/mol. The van der Waals surface area contributed by atoms with Gasteiger partial charge in [0, 0.05) is 17.3 Å². The lowest BCUT2D eigenvalue weighted by molar-refractivity contribution is 0.252. The van der Waals surface area contributed by atoms with E-state index in [1.807, 2.05) is 70.2 Å². The number of rotatable bonds is 6. The highest BCUT2D eigenvalue weighted by molar-refractivity contribution is 5.98. The molecule has 2 aromatic carbocycles. The SMILES string of the molecule is Nc1ncnc2c1c(-c1ccc(Oc3ccccc3)cc1)nn2[C@H]1CC[C@H](n2cc(CO)cn2)CC1. The van der Waals surface area contributed by atoms with Crippen molar-refractivity contribution in [2.45, 2.75) is 44.4 Å². The second-order valence-corrected chi connectivity index (χ2v) is 9.14. The van der Waals surface area contributed by atoms with E-state index in [4.69, 9.17) is 15.6 Å². The summed E-state index contributed by atoms with van der Waals surface area (Å²) in [5, 5.41) is 19.6. The third kappa shape index (κ3) is 4.18. The van der Waals surface area contributed by atoms with Crippen molar-refractivity contribution in [2.75, 3.05) is 5.73 Å². The van der Waals surface area contributed by atoms with E-state index in [2.05, 4.69) is 15.1 Å². The fourth-order valence-electron chi connectivity index (χ4n) is 4.98. The lowest BCUT2D eigenvalue weighted by Gasteiger charge is -2.29. The van der Waals surface area contributed by atoms with Gasteiger partial charge in [0.1, 0.15) is 29.3 Å². The average molecular weight is 482 g/mol. The Balaban J connectivity index is 1.27. The fourth-order valence-corrected chi connectivity index (χ4v) is 4.98. The van der Waals surface area contributed by atoms with Crippen LogP contribution >= 0.6 is 0 Å². The van der Waals surface area contributed by atoms with Gasteiger partial charge in [-0.15, -0.1) is 0 Å². The highest BCUT2D eigenvalue weighted by Gasteiger charge is 2.28. The van der Waals surface area contributed by atoms with Crippen molar-refractivity contribution in [3.63, 3.8) is 0 Å². The number of ether oxygens (including phenoxy) is 1. The molecule has 3 aromatic heterocycles. The quantitative estimate of drug-likeness (QED) is 0.354. The van der Waals surface area contributed by atoms with Crippen molar-refractivity contribution in [2.24, 2.45) is 0 Å². The summed E-state index contributed by atoms with van der Waals surface area (Å²) in [5.41, 5.74) is 9.63. The molecule has 1 aliphatic carbocycles. The molecule has 0 saturated heterocycles. The van der Waals surface area contributed by atoms with Crippen molar-refractivity contribution in [1.29, 1.82) is 0 Å². The third-order valence-electron chi connectivity index (χ3n) is 6.85. The number of aromatic nitrogens is 6. The fraction of sp³-hybridized carbons (Fsp3) is 0.259. The van der Waals surface area contributed by atoms with Gasteiger partial charge >= 0.3 is 0 Å². The van der Waals surface area contributed by atoms with Crippen LogP contribution in [0.4, 0.5) is 5.82 Å². The molecule has 0 bridgehead atoms. The van der Waals surface area contributed by atoms with Crippen LogP contribution in [0.15, 0.2) is 73.3 Å². The Morgan fingerprint density at radius 2 is 1.64 bits per heavy atom. The van der Waals surface area contributed by atoms with Gasteiger partial charge < -0.3 is 15.6 Å². The van der Waals surface area contributed by atoms with Crippen LogP contribution in [0.5, 0.6) is 11.5 Å². The highest BCUT2D eigenvalue weighted by atomic mass is 16.5. The Morgan fingerprint density at radius 3 is 2.36 bits per heavy atom. The number of aliphatic hydroxyl groups is 1. The van der Waals surface area contributed by atoms with E-state index in [1.165, 1.54) is 6.33 Å². The number of nitrogens with zero attached hydrogens (tertiary/aromatic N) is 6. The predicted octanol–water partition coefficient (Wildman–Crippen LogP) is 4.91. The van der Waals surface area contributed by atoms with Gasteiger partial charge in [-0.2, -0.15) is 10.2 Å². The van der Waals surface area contributed by atoms with Crippen molar-refractivity contribution in [3.8, 4) is 22.8 Å². The van der Waals surface area contributed by atoms with Crippen molar-refractivity contribution in [3.05, 3.63) is 78.9 Å². The summed E-state index contributed by atoms with van der Waals surface area (Å²) in [6.45, 7) is 0.0118. The Kier molecular flexibility index (Phi) is 5.82. The number of aliphatic hydroxyl groups excluding tert-OH is 1. The molecule has 3 N–H and O–H groups in total. The molecule has 182 valence electrons. The molecule has 9 nitrogen and oxygen atoms in total. The molecular weight excluding hydrogens is 454 g/mol. The molecule has 36 heavy (non-hydrogen) atoms. The molecule has 0 atom stereocenters. The molecule has 1 aliphatic rings. The smallest absolute Gasteiger partial charge is 0.164 e. The minimum absolute atomic E-state index is 0.0118. The van der Waals surface area contributed by atoms with Crippen LogP contribution in [0.3, 0.4) is 0 Å². The molecule has 0 aliphatic heterocycles. The van der Waals surface area contributed by atoms with Gasteiger partial charge in [-0.25, -0.2) is 14.6 Å². The summed E-state index contributed by atoms with van der Waals surface area (Å²) in [5.74, 6) is 1.96. The van der Waals surface area contributed by atoms with Crippen LogP contribution in [-0.4, -0.2) is 34.6 Å². The van der Waals surface area contributed by atoms with E-state index < -0.39 is 0 Å². The highest BCUT2D eigenvalue weighted by Crippen LogP contribution is 2.39. The Labute approximate surface area is 208 Å². The molecule has 0 radical (unpaired) electrons. The molecule has 1 saturated carbocycles. The number of para-hydroxylation sites is 1. The number of hydrogen-bond acceptors (Lipinski definition) is 7. The van der Waals surface area contributed by atoms with Crippen molar-refractivity contribution in [1.82, 2.24) is 29.5 Å².